The number of nitrogens with zero attached hydrogens (tertiary/aromatic N) is 4. The van der Waals surface area contributed by atoms with E-state index in [4.69, 9.17) is 21.3 Å². The van der Waals surface area contributed by atoms with Crippen molar-refractivity contribution in [2.45, 2.75) is 33.2 Å². The van der Waals surface area contributed by atoms with Crippen LogP contribution in [0.15, 0.2) is 29.3 Å². The molecule has 30 heavy (non-hydrogen) atoms. The van der Waals surface area contributed by atoms with Gasteiger partial charge in [0.05, 0.1) is 10.6 Å². The Morgan fingerprint density at radius 1 is 1.13 bits per heavy atom. The van der Waals surface area contributed by atoms with Crippen LogP contribution in [-0.2, 0) is 11.3 Å². The molecule has 0 spiro atoms. The molecule has 1 saturated heterocycles. The summed E-state index contributed by atoms with van der Waals surface area (Å²) in [5.74, 6) is 9.06. The van der Waals surface area contributed by atoms with Crippen LogP contribution in [0.3, 0.4) is 0 Å². The Balaban J connectivity index is 1.65. The van der Waals surface area contributed by atoms with Gasteiger partial charge in [0.1, 0.15) is 17.4 Å². The van der Waals surface area contributed by atoms with Crippen LogP contribution in [0.5, 0.6) is 0 Å². The van der Waals surface area contributed by atoms with Crippen LogP contribution in [0.1, 0.15) is 46.1 Å². The van der Waals surface area contributed by atoms with Crippen molar-refractivity contribution in [3.8, 4) is 16.8 Å². The minimum atomic E-state index is 0.400. The molecule has 0 unspecified atom stereocenters. The third-order valence-electron chi connectivity index (χ3n) is 5.57. The average molecular weight is 437 g/mol. The monoisotopic (exact) mass is 436 g/mol. The number of rotatable bonds is 1. The van der Waals surface area contributed by atoms with Gasteiger partial charge in [-0.1, -0.05) is 35.6 Å². The van der Waals surface area contributed by atoms with Crippen molar-refractivity contribution >= 4 is 28.6 Å². The fourth-order valence-corrected chi connectivity index (χ4v) is 5.27. The minimum Gasteiger partial charge on any atom is -0.381 e. The van der Waals surface area contributed by atoms with Gasteiger partial charge < -0.3 is 4.74 Å². The lowest BCUT2D eigenvalue weighted by Crippen LogP contribution is -2.13. The number of hydrogen-bond acceptors (Lipinski definition) is 5. The first-order valence-electron chi connectivity index (χ1n) is 10.1. The molecule has 2 aromatic heterocycles. The van der Waals surface area contributed by atoms with E-state index in [1.54, 1.807) is 11.3 Å². The summed E-state index contributed by atoms with van der Waals surface area (Å²) < 4.78 is 7.59. The largest absolute Gasteiger partial charge is 0.381 e. The summed E-state index contributed by atoms with van der Waals surface area (Å²) in [7, 11) is 0. The summed E-state index contributed by atoms with van der Waals surface area (Å²) in [4.78, 5) is 6.01. The first kappa shape index (κ1) is 19.5. The highest BCUT2D eigenvalue weighted by Crippen LogP contribution is 2.36. The van der Waals surface area contributed by atoms with Gasteiger partial charge in [-0.25, -0.2) is 0 Å². The number of ether oxygens (including phenoxy) is 1. The van der Waals surface area contributed by atoms with Gasteiger partial charge in [0.2, 0.25) is 0 Å². The minimum absolute atomic E-state index is 0.400. The van der Waals surface area contributed by atoms with Gasteiger partial charge in [-0.15, -0.1) is 21.5 Å². The summed E-state index contributed by atoms with van der Waals surface area (Å²) in [5.41, 5.74) is 4.27. The lowest BCUT2D eigenvalue weighted by molar-refractivity contribution is 0.0807. The van der Waals surface area contributed by atoms with Crippen LogP contribution in [0.2, 0.25) is 5.02 Å². The fourth-order valence-electron chi connectivity index (χ4n) is 3.91. The van der Waals surface area contributed by atoms with E-state index >= 15 is 0 Å². The third-order valence-corrected chi connectivity index (χ3v) is 7.01. The highest BCUT2D eigenvalue weighted by atomic mass is 35.5. The molecule has 4 heterocycles. The van der Waals surface area contributed by atoms with Gasteiger partial charge in [-0.05, 0) is 44.4 Å². The first-order chi connectivity index (χ1) is 14.6. The fraction of sp³-hybridized carbons (Fsp3) is 0.348. The van der Waals surface area contributed by atoms with Crippen LogP contribution in [0, 0.1) is 31.6 Å². The van der Waals surface area contributed by atoms with E-state index in [1.807, 2.05) is 31.2 Å². The molecule has 3 aromatic rings. The zero-order valence-corrected chi connectivity index (χ0v) is 18.5. The van der Waals surface area contributed by atoms with Gasteiger partial charge in [-0.3, -0.25) is 9.56 Å². The zero-order valence-electron chi connectivity index (χ0n) is 16.9. The number of thiophene rings is 1. The average Bonchev–Trinajstić information content (AvgIpc) is 3.22. The van der Waals surface area contributed by atoms with Crippen molar-refractivity contribution < 1.29 is 4.74 Å². The molecule has 2 aliphatic heterocycles. The van der Waals surface area contributed by atoms with E-state index < -0.39 is 0 Å². The second kappa shape index (κ2) is 7.99. The molecule has 5 rings (SSSR count). The molecule has 5 nitrogen and oxygen atoms in total. The molecule has 1 fully saturated rings. The molecule has 0 amide bonds. The van der Waals surface area contributed by atoms with Crippen LogP contribution in [-0.4, -0.2) is 33.7 Å². The SMILES string of the molecule is Cc1c(C#CC2CCOCC2)sc2c1C(c1ccc(Cl)cc1)=NCc1nnc(C)n1-2. The molecular formula is C23H21ClN4OS. The van der Waals surface area contributed by atoms with Crippen LogP contribution in [0.25, 0.3) is 5.00 Å². The highest BCUT2D eigenvalue weighted by molar-refractivity contribution is 7.15. The summed E-state index contributed by atoms with van der Waals surface area (Å²) in [6, 6.07) is 7.86. The van der Waals surface area contributed by atoms with Gasteiger partial charge in [0.15, 0.2) is 5.82 Å². The van der Waals surface area contributed by atoms with E-state index in [2.05, 4.69) is 33.5 Å². The highest BCUT2D eigenvalue weighted by Gasteiger charge is 2.27. The molecule has 7 heteroatoms. The predicted molar refractivity (Wildman–Crippen MR) is 120 cm³/mol. The van der Waals surface area contributed by atoms with E-state index in [0.29, 0.717) is 17.5 Å². The van der Waals surface area contributed by atoms with Gasteiger partial charge >= 0.3 is 0 Å². The molecule has 0 N–H and O–H groups in total. The topological polar surface area (TPSA) is 52.3 Å². The van der Waals surface area contributed by atoms with Crippen LogP contribution < -0.4 is 0 Å². The molecule has 0 bridgehead atoms. The summed E-state index contributed by atoms with van der Waals surface area (Å²) in [6.45, 7) is 6.21. The summed E-state index contributed by atoms with van der Waals surface area (Å²) in [5, 5.41) is 10.5. The maximum atomic E-state index is 6.12. The second-order valence-corrected chi connectivity index (χ2v) is 9.00. The second-order valence-electron chi connectivity index (χ2n) is 7.56. The van der Waals surface area contributed by atoms with Crippen LogP contribution in [0.4, 0.5) is 0 Å². The zero-order chi connectivity index (χ0) is 20.7. The Bertz CT molecular complexity index is 1190. The quantitative estimate of drug-likeness (QED) is 0.518. The number of hydrogen-bond donors (Lipinski definition) is 0. The Hall–Kier alpha value is -2.46. The molecule has 1 aromatic carbocycles. The van der Waals surface area contributed by atoms with Crippen molar-refractivity contribution in [3.05, 3.63) is 62.5 Å². The van der Waals surface area contributed by atoms with Crippen molar-refractivity contribution in [2.75, 3.05) is 13.2 Å². The third kappa shape index (κ3) is 3.47. The van der Waals surface area contributed by atoms with Crippen molar-refractivity contribution in [2.24, 2.45) is 10.9 Å². The number of halogens is 1. The van der Waals surface area contributed by atoms with Gasteiger partial charge in [0, 0.05) is 35.3 Å². The van der Waals surface area contributed by atoms with E-state index in [1.165, 1.54) is 0 Å². The first-order valence-corrected chi connectivity index (χ1v) is 11.3. The molecule has 0 aliphatic carbocycles. The lowest BCUT2D eigenvalue weighted by Gasteiger charge is -2.16. The summed E-state index contributed by atoms with van der Waals surface area (Å²) in [6.07, 6.45) is 2.01. The maximum Gasteiger partial charge on any atom is 0.160 e. The molecular weight excluding hydrogens is 416 g/mol. The van der Waals surface area contributed by atoms with Gasteiger partial charge in [-0.2, -0.15) is 0 Å². The maximum absolute atomic E-state index is 6.12. The predicted octanol–water partition coefficient (Wildman–Crippen LogP) is 4.73. The normalized spacial score (nSPS) is 16.2. The number of aromatic nitrogens is 3. The number of fused-ring (bicyclic) bond motifs is 3. The van der Waals surface area contributed by atoms with E-state index in [-0.39, 0.29) is 0 Å². The Kier molecular flexibility index (Phi) is 5.20. The van der Waals surface area contributed by atoms with E-state index in [0.717, 1.165) is 70.0 Å². The van der Waals surface area contributed by atoms with Crippen molar-refractivity contribution in [1.29, 1.82) is 0 Å². The number of aryl methyl sites for hydroxylation is 1. The summed E-state index contributed by atoms with van der Waals surface area (Å²) >= 11 is 7.82. The van der Waals surface area contributed by atoms with Crippen molar-refractivity contribution in [3.63, 3.8) is 0 Å². The molecule has 152 valence electrons. The van der Waals surface area contributed by atoms with Crippen LogP contribution >= 0.6 is 22.9 Å². The smallest absolute Gasteiger partial charge is 0.160 e. The number of benzene rings is 1. The molecule has 0 saturated carbocycles. The lowest BCUT2D eigenvalue weighted by atomic mass is 9.99. The van der Waals surface area contributed by atoms with Crippen molar-refractivity contribution in [1.82, 2.24) is 14.8 Å². The Morgan fingerprint density at radius 2 is 1.90 bits per heavy atom. The molecule has 0 radical (unpaired) electrons. The number of aliphatic imine (C=N–C) groups is 1. The van der Waals surface area contributed by atoms with E-state index in [9.17, 15) is 0 Å². The molecule has 0 atom stereocenters. The standard InChI is InChI=1S/C23H21ClN4OS/c1-14-19(8-3-16-9-11-29-12-10-16)30-23-21(14)22(17-4-6-18(24)7-5-17)25-13-20-27-26-15(2)28(20)23/h4-7,16H,9-13H2,1-2H3. The van der Waals surface area contributed by atoms with Gasteiger partial charge in [0.25, 0.3) is 0 Å². The Morgan fingerprint density at radius 3 is 2.67 bits per heavy atom. The molecule has 2 aliphatic rings. The Labute approximate surface area is 184 Å².